The molecule has 4 heteroatoms. The third-order valence-electron chi connectivity index (χ3n) is 2.86. The van der Waals surface area contributed by atoms with E-state index in [2.05, 4.69) is 20.9 Å². The lowest BCUT2D eigenvalue weighted by Gasteiger charge is -2.01. The summed E-state index contributed by atoms with van der Waals surface area (Å²) in [7, 11) is 0. The number of halogens is 2. The van der Waals surface area contributed by atoms with Crippen molar-refractivity contribution in [2.24, 2.45) is 0 Å². The van der Waals surface area contributed by atoms with Crippen LogP contribution in [0.5, 0.6) is 0 Å². The summed E-state index contributed by atoms with van der Waals surface area (Å²) in [6.45, 7) is 0. The number of benzene rings is 1. The Hall–Kier alpha value is -1.32. The molecule has 0 unspecified atom stereocenters. The minimum atomic E-state index is 0.438. The molecule has 1 aromatic carbocycles. The van der Waals surface area contributed by atoms with Crippen molar-refractivity contribution in [2.75, 3.05) is 0 Å². The molecule has 0 N–H and O–H groups in total. The summed E-state index contributed by atoms with van der Waals surface area (Å²) < 4.78 is 3.04. The van der Waals surface area contributed by atoms with E-state index in [-0.39, 0.29) is 0 Å². The molecule has 90 valence electrons. The molecule has 0 bridgehead atoms. The predicted molar refractivity (Wildman–Crippen MR) is 77.9 cm³/mol. The number of imidazole rings is 1. The van der Waals surface area contributed by atoms with Gasteiger partial charge in [0.25, 0.3) is 0 Å². The van der Waals surface area contributed by atoms with E-state index in [0.29, 0.717) is 5.88 Å². The zero-order valence-electron chi connectivity index (χ0n) is 9.48. The largest absolute Gasteiger partial charge is 0.302 e. The summed E-state index contributed by atoms with van der Waals surface area (Å²) in [5.74, 6) is 0.438. The van der Waals surface area contributed by atoms with Crippen molar-refractivity contribution in [2.45, 2.75) is 5.88 Å². The number of pyridine rings is 1. The van der Waals surface area contributed by atoms with Crippen LogP contribution < -0.4 is 0 Å². The van der Waals surface area contributed by atoms with Gasteiger partial charge in [0.05, 0.1) is 17.3 Å². The Morgan fingerprint density at radius 1 is 1.17 bits per heavy atom. The maximum atomic E-state index is 6.07. The molecule has 0 spiro atoms. The molecule has 18 heavy (non-hydrogen) atoms. The van der Waals surface area contributed by atoms with Gasteiger partial charge in [-0.25, -0.2) is 4.98 Å². The third-order valence-corrected chi connectivity index (χ3v) is 3.61. The predicted octanol–water partition coefficient (Wildman–Crippen LogP) is 4.50. The van der Waals surface area contributed by atoms with Gasteiger partial charge in [0.2, 0.25) is 0 Å². The highest BCUT2D eigenvalue weighted by Crippen LogP contribution is 2.26. The second-order valence-corrected chi connectivity index (χ2v) is 5.16. The molecule has 0 atom stereocenters. The second-order valence-electron chi connectivity index (χ2n) is 3.98. The molecule has 3 aromatic rings. The van der Waals surface area contributed by atoms with Gasteiger partial charge in [-0.1, -0.05) is 46.3 Å². The molecule has 2 heterocycles. The van der Waals surface area contributed by atoms with E-state index in [9.17, 15) is 0 Å². The van der Waals surface area contributed by atoms with Crippen LogP contribution in [0.3, 0.4) is 0 Å². The van der Waals surface area contributed by atoms with Crippen molar-refractivity contribution in [1.82, 2.24) is 9.38 Å². The van der Waals surface area contributed by atoms with E-state index in [1.807, 2.05) is 53.1 Å². The van der Waals surface area contributed by atoms with E-state index in [4.69, 9.17) is 11.6 Å². The summed E-state index contributed by atoms with van der Waals surface area (Å²) in [5, 5.41) is 0. The maximum absolute atomic E-state index is 6.07. The Morgan fingerprint density at radius 3 is 2.67 bits per heavy atom. The van der Waals surface area contributed by atoms with Gasteiger partial charge >= 0.3 is 0 Å². The zero-order chi connectivity index (χ0) is 12.5. The van der Waals surface area contributed by atoms with Gasteiger partial charge in [-0.05, 0) is 12.1 Å². The summed E-state index contributed by atoms with van der Waals surface area (Å²) in [6.07, 6.45) is 1.98. The topological polar surface area (TPSA) is 17.3 Å². The first-order valence-corrected chi connectivity index (χ1v) is 6.90. The van der Waals surface area contributed by atoms with Crippen LogP contribution in [0.1, 0.15) is 5.69 Å². The van der Waals surface area contributed by atoms with Gasteiger partial charge in [-0.3, -0.25) is 0 Å². The Bertz CT molecular complexity index is 692. The van der Waals surface area contributed by atoms with Crippen LogP contribution in [0.2, 0.25) is 0 Å². The molecular formula is C14H10BrClN2. The fourth-order valence-corrected chi connectivity index (χ4v) is 2.60. The van der Waals surface area contributed by atoms with Crippen LogP contribution in [-0.4, -0.2) is 9.38 Å². The molecule has 0 aliphatic heterocycles. The highest BCUT2D eigenvalue weighted by Gasteiger charge is 2.12. The van der Waals surface area contributed by atoms with Crippen molar-refractivity contribution >= 4 is 33.2 Å². The first kappa shape index (κ1) is 11.8. The maximum Gasteiger partial charge on any atom is 0.138 e. The van der Waals surface area contributed by atoms with Crippen LogP contribution in [0.15, 0.2) is 53.1 Å². The van der Waals surface area contributed by atoms with Gasteiger partial charge in [-0.15, -0.1) is 11.6 Å². The second kappa shape index (κ2) is 4.75. The molecule has 0 saturated heterocycles. The first-order valence-electron chi connectivity index (χ1n) is 5.57. The lowest BCUT2D eigenvalue weighted by atomic mass is 10.1. The SMILES string of the molecule is ClCc1c(-c2ccccc2)nc2cc(Br)ccn12. The average Bonchev–Trinajstić information content (AvgIpc) is 2.77. The van der Waals surface area contributed by atoms with Gasteiger partial charge in [0, 0.05) is 16.2 Å². The molecule has 0 radical (unpaired) electrons. The lowest BCUT2D eigenvalue weighted by molar-refractivity contribution is 1.09. The molecule has 0 aliphatic rings. The number of alkyl halides is 1. The summed E-state index contributed by atoms with van der Waals surface area (Å²) in [5.41, 5.74) is 3.96. The normalized spacial score (nSPS) is 11.0. The number of hydrogen-bond donors (Lipinski definition) is 0. The van der Waals surface area contributed by atoms with Crippen LogP contribution in [0, 0.1) is 0 Å². The summed E-state index contributed by atoms with van der Waals surface area (Å²) >= 11 is 9.53. The molecule has 0 amide bonds. The average molecular weight is 322 g/mol. The minimum absolute atomic E-state index is 0.438. The molecule has 0 aliphatic carbocycles. The summed E-state index contributed by atoms with van der Waals surface area (Å²) in [4.78, 5) is 4.66. The van der Waals surface area contributed by atoms with Crippen molar-refractivity contribution in [3.63, 3.8) is 0 Å². The fourth-order valence-electron chi connectivity index (χ4n) is 2.03. The quantitative estimate of drug-likeness (QED) is 0.635. The van der Waals surface area contributed by atoms with Gasteiger partial charge < -0.3 is 4.40 Å². The van der Waals surface area contributed by atoms with Crippen molar-refractivity contribution < 1.29 is 0 Å². The standard InChI is InChI=1S/C14H10BrClN2/c15-11-6-7-18-12(9-16)14(17-13(18)8-11)10-4-2-1-3-5-10/h1-8H,9H2. The fraction of sp³-hybridized carbons (Fsp3) is 0.0714. The molecular weight excluding hydrogens is 312 g/mol. The minimum Gasteiger partial charge on any atom is -0.302 e. The third kappa shape index (κ3) is 1.93. The monoisotopic (exact) mass is 320 g/mol. The Balaban J connectivity index is 2.29. The van der Waals surface area contributed by atoms with E-state index in [1.165, 1.54) is 0 Å². The van der Waals surface area contributed by atoms with Crippen LogP contribution in [0.4, 0.5) is 0 Å². The first-order chi connectivity index (χ1) is 8.79. The highest BCUT2D eigenvalue weighted by atomic mass is 79.9. The molecule has 2 nitrogen and oxygen atoms in total. The number of nitrogens with zero attached hydrogens (tertiary/aromatic N) is 2. The number of aromatic nitrogens is 2. The summed E-state index contributed by atoms with van der Waals surface area (Å²) in [6, 6.07) is 14.1. The smallest absolute Gasteiger partial charge is 0.138 e. The van der Waals surface area contributed by atoms with Crippen molar-refractivity contribution in [3.05, 3.63) is 58.8 Å². The van der Waals surface area contributed by atoms with E-state index in [1.54, 1.807) is 0 Å². The van der Waals surface area contributed by atoms with Gasteiger partial charge in [-0.2, -0.15) is 0 Å². The molecule has 0 saturated carbocycles. The number of fused-ring (bicyclic) bond motifs is 1. The van der Waals surface area contributed by atoms with Crippen molar-refractivity contribution in [3.8, 4) is 11.3 Å². The Kier molecular flexibility index (Phi) is 3.10. The molecule has 0 fully saturated rings. The molecule has 2 aromatic heterocycles. The van der Waals surface area contributed by atoms with Gasteiger partial charge in [0.1, 0.15) is 5.65 Å². The molecule has 3 rings (SSSR count). The lowest BCUT2D eigenvalue weighted by Crippen LogP contribution is -1.90. The van der Waals surface area contributed by atoms with E-state index >= 15 is 0 Å². The van der Waals surface area contributed by atoms with Crippen molar-refractivity contribution in [1.29, 1.82) is 0 Å². The number of hydrogen-bond acceptors (Lipinski definition) is 1. The van der Waals surface area contributed by atoms with E-state index < -0.39 is 0 Å². The van der Waals surface area contributed by atoms with Crippen LogP contribution in [-0.2, 0) is 5.88 Å². The zero-order valence-corrected chi connectivity index (χ0v) is 11.8. The van der Waals surface area contributed by atoms with Gasteiger partial charge in [0.15, 0.2) is 0 Å². The Labute approximate surface area is 118 Å². The van der Waals surface area contributed by atoms with E-state index in [0.717, 1.165) is 27.1 Å². The van der Waals surface area contributed by atoms with Crippen LogP contribution >= 0.6 is 27.5 Å². The highest BCUT2D eigenvalue weighted by molar-refractivity contribution is 9.10. The number of rotatable bonds is 2. The Morgan fingerprint density at radius 2 is 1.94 bits per heavy atom. The van der Waals surface area contributed by atoms with Crippen LogP contribution in [0.25, 0.3) is 16.9 Å².